The highest BCUT2D eigenvalue weighted by atomic mass is 32.1. The van der Waals surface area contributed by atoms with Gasteiger partial charge in [0.25, 0.3) is 0 Å². The van der Waals surface area contributed by atoms with E-state index in [0.717, 1.165) is 0 Å². The molecule has 16 heteroatoms. The molecule has 0 aliphatic carbocycles. The van der Waals surface area contributed by atoms with Crippen LogP contribution in [0.15, 0.2) is 53.0 Å². The number of rotatable bonds is 0. The normalized spacial score (nSPS) is 8.67. The molecule has 0 aliphatic rings. The standard InChI is InChI=1S/2C2H2N2O2.2C2H2N2OS/c2*5-2-3-1-4-6-2;2*6-2-3-1-4-5-2/h2*1H,(H,3,4,5);2*1H,(H,3,4,6). The van der Waals surface area contributed by atoms with Gasteiger partial charge in [0.1, 0.15) is 25.3 Å². The first-order chi connectivity index (χ1) is 11.6. The summed E-state index contributed by atoms with van der Waals surface area (Å²) in [6, 6.07) is 0. The van der Waals surface area contributed by atoms with Crippen molar-refractivity contribution in [2.24, 2.45) is 0 Å². The summed E-state index contributed by atoms with van der Waals surface area (Å²) in [5.41, 5.74) is 0. The minimum atomic E-state index is -0.519. The quantitative estimate of drug-likeness (QED) is 0.304. The molecule has 4 aromatic rings. The second-order valence-electron chi connectivity index (χ2n) is 3.00. The van der Waals surface area contributed by atoms with Gasteiger partial charge in [-0.2, -0.15) is 9.97 Å². The zero-order valence-corrected chi connectivity index (χ0v) is 13.0. The van der Waals surface area contributed by atoms with Crippen molar-refractivity contribution >= 4 is 24.4 Å². The Kier molecular flexibility index (Phi) is 8.71. The minimum absolute atomic E-state index is 0.245. The molecule has 24 heavy (non-hydrogen) atoms. The van der Waals surface area contributed by atoms with Gasteiger partial charge in [-0.3, -0.25) is 19.0 Å². The first kappa shape index (κ1) is 18.6. The first-order valence-corrected chi connectivity index (χ1v) is 6.36. The highest BCUT2D eigenvalue weighted by Gasteiger charge is 1.75. The van der Waals surface area contributed by atoms with Gasteiger partial charge in [-0.15, -0.1) is 0 Å². The van der Waals surface area contributed by atoms with Gasteiger partial charge in [-0.05, 0) is 24.4 Å². The van der Waals surface area contributed by atoms with Crippen LogP contribution in [0, 0.1) is 9.67 Å². The molecule has 4 aromatic heterocycles. The zero-order chi connectivity index (χ0) is 17.6. The Morgan fingerprint density at radius 3 is 1.25 bits per heavy atom. The molecule has 0 atom stereocenters. The highest BCUT2D eigenvalue weighted by Crippen LogP contribution is 1.74. The van der Waals surface area contributed by atoms with Gasteiger partial charge in [0.15, 0.2) is 0 Å². The Bertz CT molecular complexity index is 757. The number of aromatic nitrogens is 8. The summed E-state index contributed by atoms with van der Waals surface area (Å²) in [6.45, 7) is 0. The van der Waals surface area contributed by atoms with Gasteiger partial charge >= 0.3 is 21.2 Å². The second-order valence-corrected chi connectivity index (χ2v) is 3.70. The maximum absolute atomic E-state index is 9.78. The van der Waals surface area contributed by atoms with E-state index in [-0.39, 0.29) is 9.67 Å². The molecular weight excluding hydrogens is 368 g/mol. The summed E-state index contributed by atoms with van der Waals surface area (Å²) < 4.78 is 16.8. The van der Waals surface area contributed by atoms with Crippen LogP contribution in [-0.4, -0.2) is 40.6 Å². The van der Waals surface area contributed by atoms with E-state index in [1.807, 2.05) is 0 Å². The average molecular weight is 376 g/mol. The van der Waals surface area contributed by atoms with Gasteiger partial charge in [-0.25, -0.2) is 19.9 Å². The van der Waals surface area contributed by atoms with Crippen LogP contribution in [0.3, 0.4) is 0 Å². The molecule has 0 saturated carbocycles. The topological polar surface area (TPSA) is 201 Å². The van der Waals surface area contributed by atoms with Crippen molar-refractivity contribution in [1.29, 1.82) is 0 Å². The molecule has 0 bridgehead atoms. The average Bonchev–Trinajstić information content (AvgIpc) is 3.31. The third-order valence-electron chi connectivity index (χ3n) is 1.48. The molecule has 4 heterocycles. The fourth-order valence-electron chi connectivity index (χ4n) is 0.724. The van der Waals surface area contributed by atoms with Crippen LogP contribution < -0.4 is 11.5 Å². The molecule has 0 aliphatic heterocycles. The summed E-state index contributed by atoms with van der Waals surface area (Å²) in [4.78, 5) is 31.4. The minimum Gasteiger partial charge on any atom is -0.348 e. The van der Waals surface area contributed by atoms with Gasteiger partial charge in [0.05, 0.1) is 0 Å². The molecule has 0 radical (unpaired) electrons. The van der Waals surface area contributed by atoms with Crippen molar-refractivity contribution in [3.63, 3.8) is 0 Å². The van der Waals surface area contributed by atoms with Crippen molar-refractivity contribution in [1.82, 2.24) is 40.6 Å². The number of hydrogen-bond donors (Lipinski definition) is 4. The third kappa shape index (κ3) is 9.52. The van der Waals surface area contributed by atoms with E-state index >= 15 is 0 Å². The fourth-order valence-corrected chi connectivity index (χ4v) is 0.925. The number of aromatic amines is 4. The lowest BCUT2D eigenvalue weighted by atomic mass is 11.3. The van der Waals surface area contributed by atoms with Crippen molar-refractivity contribution < 1.29 is 18.1 Å². The van der Waals surface area contributed by atoms with Crippen LogP contribution >= 0.6 is 24.4 Å². The Morgan fingerprint density at radius 1 is 0.750 bits per heavy atom. The molecule has 4 rings (SSSR count). The molecular formula is C8H8N8O6S2. The molecule has 0 unspecified atom stereocenters. The zero-order valence-electron chi connectivity index (χ0n) is 11.4. The second kappa shape index (κ2) is 11.2. The van der Waals surface area contributed by atoms with Crippen molar-refractivity contribution in [3.05, 3.63) is 56.1 Å². The van der Waals surface area contributed by atoms with Crippen LogP contribution in [0.5, 0.6) is 0 Å². The molecule has 0 amide bonds. The molecule has 0 saturated heterocycles. The van der Waals surface area contributed by atoms with E-state index in [1.165, 1.54) is 25.3 Å². The molecule has 128 valence electrons. The van der Waals surface area contributed by atoms with Gasteiger partial charge in [-0.1, -0.05) is 10.3 Å². The summed E-state index contributed by atoms with van der Waals surface area (Å²) in [7, 11) is 0. The van der Waals surface area contributed by atoms with Crippen LogP contribution in [0.1, 0.15) is 0 Å². The van der Waals surface area contributed by atoms with Crippen molar-refractivity contribution in [2.45, 2.75) is 0 Å². The van der Waals surface area contributed by atoms with Crippen LogP contribution in [0.25, 0.3) is 0 Å². The number of nitrogens with zero attached hydrogens (tertiary/aromatic N) is 4. The van der Waals surface area contributed by atoms with E-state index in [2.05, 4.69) is 83.1 Å². The predicted molar refractivity (Wildman–Crippen MR) is 77.6 cm³/mol. The van der Waals surface area contributed by atoms with Crippen molar-refractivity contribution in [3.8, 4) is 0 Å². The number of hydrogen-bond acceptors (Lipinski definition) is 12. The van der Waals surface area contributed by atoms with Gasteiger partial charge in [0, 0.05) is 0 Å². The third-order valence-corrected chi connectivity index (χ3v) is 1.86. The molecule has 0 aromatic carbocycles. The summed E-state index contributed by atoms with van der Waals surface area (Å²) in [5.74, 6) is -1.04. The number of H-pyrrole nitrogens is 4. The lowest BCUT2D eigenvalue weighted by molar-refractivity contribution is 0.386. The molecule has 0 fully saturated rings. The van der Waals surface area contributed by atoms with Crippen LogP contribution in [0.2, 0.25) is 0 Å². The largest absolute Gasteiger partial charge is 0.438 e. The summed E-state index contributed by atoms with van der Waals surface area (Å²) >= 11 is 8.87. The Hall–Kier alpha value is -3.40. The highest BCUT2D eigenvalue weighted by molar-refractivity contribution is 7.71. The molecule has 14 nitrogen and oxygen atoms in total. The van der Waals surface area contributed by atoms with Crippen LogP contribution in [0.4, 0.5) is 0 Å². The molecule has 4 N–H and O–H groups in total. The SMILES string of the molecule is O=c1[nH]cno1.O=c1[nH]cno1.S=c1nc[nH]o1.S=c1nc[nH]o1. The lowest BCUT2D eigenvalue weighted by Crippen LogP contribution is -1.92. The van der Waals surface area contributed by atoms with E-state index in [0.29, 0.717) is 0 Å². The van der Waals surface area contributed by atoms with E-state index in [1.54, 1.807) is 0 Å². The van der Waals surface area contributed by atoms with Crippen molar-refractivity contribution in [2.75, 3.05) is 0 Å². The predicted octanol–water partition coefficient (Wildman–Crippen LogP) is 0.190. The first-order valence-electron chi connectivity index (χ1n) is 5.54. The summed E-state index contributed by atoms with van der Waals surface area (Å²) in [6.07, 6.45) is 5.15. The van der Waals surface area contributed by atoms with Gasteiger partial charge in [0.2, 0.25) is 0 Å². The van der Waals surface area contributed by atoms with E-state index in [9.17, 15) is 9.59 Å². The fraction of sp³-hybridized carbons (Fsp3) is 0. The smallest absolute Gasteiger partial charge is 0.348 e. The Morgan fingerprint density at radius 2 is 1.17 bits per heavy atom. The Labute approximate surface area is 139 Å². The van der Waals surface area contributed by atoms with E-state index < -0.39 is 11.5 Å². The number of nitrogens with one attached hydrogen (secondary N) is 4. The van der Waals surface area contributed by atoms with Gasteiger partial charge < -0.3 is 9.05 Å². The monoisotopic (exact) mass is 376 g/mol. The lowest BCUT2D eigenvalue weighted by Gasteiger charge is -1.53. The Balaban J connectivity index is 0.000000160. The maximum atomic E-state index is 9.78. The maximum Gasteiger partial charge on any atom is 0.438 e. The summed E-state index contributed by atoms with van der Waals surface area (Å²) in [5, 5.41) is 10.8. The molecule has 0 spiro atoms. The van der Waals surface area contributed by atoms with Crippen LogP contribution in [-0.2, 0) is 0 Å². The van der Waals surface area contributed by atoms with E-state index in [4.69, 9.17) is 0 Å².